The van der Waals surface area contributed by atoms with Gasteiger partial charge in [-0.1, -0.05) is 19.8 Å². The van der Waals surface area contributed by atoms with Crippen molar-refractivity contribution in [1.82, 2.24) is 10.3 Å². The number of aromatic nitrogens is 1. The molecule has 0 aliphatic heterocycles. The lowest BCUT2D eigenvalue weighted by atomic mass is 10.1. The highest BCUT2D eigenvalue weighted by Gasteiger charge is 2.10. The molecule has 0 saturated carbocycles. The summed E-state index contributed by atoms with van der Waals surface area (Å²) in [4.78, 5) is 6.61. The first-order chi connectivity index (χ1) is 9.08. The van der Waals surface area contributed by atoms with E-state index in [9.17, 15) is 0 Å². The summed E-state index contributed by atoms with van der Waals surface area (Å²) >= 11 is 0. The molecule has 1 N–H and O–H groups in total. The number of aryl methyl sites for hydroxylation is 1. The normalized spacial score (nSPS) is 10.5. The number of nitrogens with one attached hydrogen (secondary N) is 1. The molecule has 0 aromatic carbocycles. The molecule has 0 bridgehead atoms. The van der Waals surface area contributed by atoms with Crippen LogP contribution in [0.15, 0.2) is 12.3 Å². The zero-order valence-electron chi connectivity index (χ0n) is 12.5. The Morgan fingerprint density at radius 3 is 2.79 bits per heavy atom. The minimum Gasteiger partial charge on any atom is -0.360 e. The third-order valence-corrected chi connectivity index (χ3v) is 2.97. The van der Waals surface area contributed by atoms with Gasteiger partial charge in [-0.2, -0.15) is 0 Å². The van der Waals surface area contributed by atoms with Crippen LogP contribution >= 0.6 is 0 Å². The Kier molecular flexibility index (Phi) is 6.38. The van der Waals surface area contributed by atoms with E-state index in [4.69, 9.17) is 6.42 Å². The standard InChI is InChI=1S/C16H25N3/c1-6-8-19(7-2)16-9-14(5)18-12-15(16)11-17-10-13(3)4/h1,9,12-13,17H,7-8,10-11H2,2-5H3. The van der Waals surface area contributed by atoms with Gasteiger partial charge in [0.1, 0.15) is 0 Å². The van der Waals surface area contributed by atoms with E-state index < -0.39 is 0 Å². The van der Waals surface area contributed by atoms with Gasteiger partial charge in [-0.15, -0.1) is 6.42 Å². The summed E-state index contributed by atoms with van der Waals surface area (Å²) in [6.45, 7) is 11.9. The van der Waals surface area contributed by atoms with Crippen LogP contribution in [0.2, 0.25) is 0 Å². The molecule has 1 rings (SSSR count). The molecule has 3 heteroatoms. The van der Waals surface area contributed by atoms with E-state index in [1.54, 1.807) is 0 Å². The predicted molar refractivity (Wildman–Crippen MR) is 82.2 cm³/mol. The van der Waals surface area contributed by atoms with Crippen molar-refractivity contribution in [1.29, 1.82) is 0 Å². The highest BCUT2D eigenvalue weighted by atomic mass is 15.1. The average Bonchev–Trinajstić information content (AvgIpc) is 2.37. The lowest BCUT2D eigenvalue weighted by molar-refractivity contribution is 0.551. The van der Waals surface area contributed by atoms with Crippen LogP contribution in [-0.4, -0.2) is 24.6 Å². The van der Waals surface area contributed by atoms with Gasteiger partial charge >= 0.3 is 0 Å². The second-order valence-electron chi connectivity index (χ2n) is 5.20. The zero-order chi connectivity index (χ0) is 14.3. The van der Waals surface area contributed by atoms with Crippen molar-refractivity contribution in [2.75, 3.05) is 24.5 Å². The van der Waals surface area contributed by atoms with Crippen LogP contribution in [0.4, 0.5) is 5.69 Å². The molecule has 104 valence electrons. The highest BCUT2D eigenvalue weighted by molar-refractivity contribution is 5.54. The van der Waals surface area contributed by atoms with Crippen molar-refractivity contribution >= 4 is 5.69 Å². The Morgan fingerprint density at radius 1 is 1.47 bits per heavy atom. The summed E-state index contributed by atoms with van der Waals surface area (Å²) in [7, 11) is 0. The smallest absolute Gasteiger partial charge is 0.0791 e. The van der Waals surface area contributed by atoms with Gasteiger partial charge in [0.25, 0.3) is 0 Å². The van der Waals surface area contributed by atoms with Gasteiger partial charge in [0.2, 0.25) is 0 Å². The van der Waals surface area contributed by atoms with Crippen molar-refractivity contribution in [3.05, 3.63) is 23.5 Å². The largest absolute Gasteiger partial charge is 0.360 e. The first-order valence-corrected chi connectivity index (χ1v) is 6.93. The molecule has 0 fully saturated rings. The second-order valence-corrected chi connectivity index (χ2v) is 5.20. The molecule has 0 aliphatic rings. The number of pyridine rings is 1. The number of rotatable bonds is 7. The van der Waals surface area contributed by atoms with E-state index in [1.165, 1.54) is 11.3 Å². The van der Waals surface area contributed by atoms with Gasteiger partial charge in [0, 0.05) is 36.2 Å². The monoisotopic (exact) mass is 259 g/mol. The number of terminal acetylenes is 1. The Labute approximate surface area is 117 Å². The predicted octanol–water partition coefficient (Wildman–Crippen LogP) is 2.60. The molecular formula is C16H25N3. The maximum absolute atomic E-state index is 5.45. The molecule has 0 aliphatic carbocycles. The van der Waals surface area contributed by atoms with E-state index in [-0.39, 0.29) is 0 Å². The Hall–Kier alpha value is -1.53. The summed E-state index contributed by atoms with van der Waals surface area (Å²) in [6, 6.07) is 2.12. The Bertz CT molecular complexity index is 432. The van der Waals surface area contributed by atoms with Gasteiger partial charge in [-0.25, -0.2) is 0 Å². The SMILES string of the molecule is C#CCN(CC)c1cc(C)ncc1CNCC(C)C. The van der Waals surface area contributed by atoms with Crippen molar-refractivity contribution in [2.45, 2.75) is 34.2 Å². The average molecular weight is 259 g/mol. The van der Waals surface area contributed by atoms with Crippen LogP contribution in [0.25, 0.3) is 0 Å². The summed E-state index contributed by atoms with van der Waals surface area (Å²) in [5.74, 6) is 3.37. The fourth-order valence-electron chi connectivity index (χ4n) is 1.98. The maximum Gasteiger partial charge on any atom is 0.0791 e. The molecular weight excluding hydrogens is 234 g/mol. The minimum atomic E-state index is 0.636. The van der Waals surface area contributed by atoms with E-state index in [0.29, 0.717) is 12.5 Å². The van der Waals surface area contributed by atoms with Gasteiger partial charge in [0.15, 0.2) is 0 Å². The molecule has 1 aromatic rings. The first-order valence-electron chi connectivity index (χ1n) is 6.93. The number of nitrogens with zero attached hydrogens (tertiary/aromatic N) is 2. The minimum absolute atomic E-state index is 0.636. The molecule has 3 nitrogen and oxygen atoms in total. The van der Waals surface area contributed by atoms with Gasteiger partial charge in [-0.05, 0) is 32.4 Å². The second kappa shape index (κ2) is 7.81. The number of hydrogen-bond acceptors (Lipinski definition) is 3. The van der Waals surface area contributed by atoms with Crippen LogP contribution in [-0.2, 0) is 6.54 Å². The third kappa shape index (κ3) is 4.92. The van der Waals surface area contributed by atoms with Crippen LogP contribution in [0.3, 0.4) is 0 Å². The number of hydrogen-bond donors (Lipinski definition) is 1. The van der Waals surface area contributed by atoms with Gasteiger partial charge < -0.3 is 10.2 Å². The molecule has 1 aromatic heterocycles. The summed E-state index contributed by atoms with van der Waals surface area (Å²) < 4.78 is 0. The molecule has 0 radical (unpaired) electrons. The van der Waals surface area contributed by atoms with E-state index >= 15 is 0 Å². The number of anilines is 1. The topological polar surface area (TPSA) is 28.2 Å². The van der Waals surface area contributed by atoms with Crippen LogP contribution in [0.5, 0.6) is 0 Å². The van der Waals surface area contributed by atoms with Gasteiger partial charge in [0.05, 0.1) is 6.54 Å². The van der Waals surface area contributed by atoms with Gasteiger partial charge in [-0.3, -0.25) is 4.98 Å². The quantitative estimate of drug-likeness (QED) is 0.763. The van der Waals surface area contributed by atoms with E-state index in [2.05, 4.69) is 48.0 Å². The van der Waals surface area contributed by atoms with E-state index in [0.717, 1.165) is 25.3 Å². The third-order valence-electron chi connectivity index (χ3n) is 2.97. The summed E-state index contributed by atoms with van der Waals surface area (Å²) in [6.07, 6.45) is 7.40. The molecule has 0 unspecified atom stereocenters. The molecule has 0 atom stereocenters. The van der Waals surface area contributed by atoms with Crippen molar-refractivity contribution < 1.29 is 0 Å². The first kappa shape index (κ1) is 15.5. The maximum atomic E-state index is 5.45. The van der Waals surface area contributed by atoms with Crippen molar-refractivity contribution in [3.63, 3.8) is 0 Å². The summed E-state index contributed by atoms with van der Waals surface area (Å²) in [5, 5.41) is 3.46. The molecule has 19 heavy (non-hydrogen) atoms. The van der Waals surface area contributed by atoms with Crippen molar-refractivity contribution in [3.8, 4) is 12.3 Å². The molecule has 0 amide bonds. The molecule has 0 spiro atoms. The van der Waals surface area contributed by atoms with Crippen LogP contribution in [0.1, 0.15) is 32.0 Å². The van der Waals surface area contributed by atoms with Crippen LogP contribution < -0.4 is 10.2 Å². The van der Waals surface area contributed by atoms with Crippen molar-refractivity contribution in [2.24, 2.45) is 5.92 Å². The Morgan fingerprint density at radius 2 is 2.21 bits per heavy atom. The van der Waals surface area contributed by atoms with Crippen LogP contribution in [0, 0.1) is 25.2 Å². The molecule has 1 heterocycles. The fourth-order valence-corrected chi connectivity index (χ4v) is 1.98. The molecule has 0 saturated heterocycles. The fraction of sp³-hybridized carbons (Fsp3) is 0.562. The Balaban J connectivity index is 2.87. The lowest BCUT2D eigenvalue weighted by Crippen LogP contribution is -2.26. The lowest BCUT2D eigenvalue weighted by Gasteiger charge is -2.24. The summed E-state index contributed by atoms with van der Waals surface area (Å²) in [5.41, 5.74) is 3.44. The zero-order valence-corrected chi connectivity index (χ0v) is 12.5. The highest BCUT2D eigenvalue weighted by Crippen LogP contribution is 2.20. The van der Waals surface area contributed by atoms with E-state index in [1.807, 2.05) is 13.1 Å².